The van der Waals surface area contributed by atoms with Crippen molar-refractivity contribution in [3.05, 3.63) is 12.2 Å². The predicted molar refractivity (Wildman–Crippen MR) is 108 cm³/mol. The number of aliphatic hydroxyl groups is 3. The average molecular weight is 432 g/mol. The highest BCUT2D eigenvalue weighted by atomic mass is 16.6. The smallest absolute Gasteiger partial charge is 0.252 e. The lowest BCUT2D eigenvalue weighted by Gasteiger charge is -2.34. The van der Waals surface area contributed by atoms with Crippen LogP contribution < -0.4 is 11.1 Å². The normalized spacial score (nSPS) is 36.1. The Balaban J connectivity index is 1.48. The summed E-state index contributed by atoms with van der Waals surface area (Å²) in [5.74, 6) is 0.190. The van der Waals surface area contributed by atoms with E-state index in [2.05, 4.69) is 27.2 Å². The van der Waals surface area contributed by atoms with Gasteiger partial charge in [0.25, 0.3) is 5.91 Å². The topological polar surface area (TPSA) is 169 Å². The lowest BCUT2D eigenvalue weighted by Crippen LogP contribution is -2.43. The van der Waals surface area contributed by atoms with Crippen LogP contribution in [0.25, 0.3) is 11.2 Å². The molecule has 11 heteroatoms. The maximum Gasteiger partial charge on any atom is 0.252 e. The van der Waals surface area contributed by atoms with Crippen LogP contribution in [0.15, 0.2) is 6.33 Å². The number of hydrogen-bond donors (Lipinski definition) is 5. The Hall–Kier alpha value is -2.34. The number of nitrogen functional groups attached to an aromatic ring is 1. The minimum absolute atomic E-state index is 0.0993. The SMILES string of the molecule is C[C@@H]1CCC[C@@](O)(c2nc(N)c3ncn([C@@H]4O[C@H](C(=O)NC5CC5)C(O)C4O)c3n2)C1. The van der Waals surface area contributed by atoms with E-state index in [0.29, 0.717) is 24.3 Å². The summed E-state index contributed by atoms with van der Waals surface area (Å²) in [4.78, 5) is 25.5. The molecule has 2 aromatic heterocycles. The maximum atomic E-state index is 12.4. The fraction of sp³-hybridized carbons (Fsp3) is 0.700. The van der Waals surface area contributed by atoms with Gasteiger partial charge in [-0.1, -0.05) is 13.3 Å². The summed E-state index contributed by atoms with van der Waals surface area (Å²) in [6.07, 6.45) is 1.05. The number of nitrogens with zero attached hydrogens (tertiary/aromatic N) is 4. The van der Waals surface area contributed by atoms with Gasteiger partial charge in [-0.05, 0) is 38.0 Å². The monoisotopic (exact) mass is 432 g/mol. The molecule has 0 spiro atoms. The van der Waals surface area contributed by atoms with Crippen molar-refractivity contribution in [1.29, 1.82) is 0 Å². The molecule has 0 aromatic carbocycles. The second kappa shape index (κ2) is 7.37. The molecule has 2 aromatic rings. The number of aromatic nitrogens is 4. The number of nitrogens with two attached hydrogens (primary N) is 1. The number of anilines is 1. The van der Waals surface area contributed by atoms with Gasteiger partial charge in [0.15, 0.2) is 29.6 Å². The van der Waals surface area contributed by atoms with Crippen LogP contribution in [0.4, 0.5) is 5.82 Å². The Labute approximate surface area is 178 Å². The lowest BCUT2D eigenvalue weighted by molar-refractivity contribution is -0.137. The van der Waals surface area contributed by atoms with Gasteiger partial charge < -0.3 is 31.1 Å². The number of carbonyl (C=O) groups is 1. The van der Waals surface area contributed by atoms with Gasteiger partial charge in [-0.3, -0.25) is 9.36 Å². The zero-order chi connectivity index (χ0) is 21.9. The summed E-state index contributed by atoms with van der Waals surface area (Å²) in [7, 11) is 0. The summed E-state index contributed by atoms with van der Waals surface area (Å²) in [6, 6.07) is 0.0993. The third kappa shape index (κ3) is 3.55. The fourth-order valence-corrected chi connectivity index (χ4v) is 4.68. The number of aliphatic hydroxyl groups excluding tert-OH is 2. The molecule has 168 valence electrons. The molecular formula is C20H28N6O5. The molecule has 1 saturated heterocycles. The quantitative estimate of drug-likeness (QED) is 0.435. The van der Waals surface area contributed by atoms with Crippen LogP contribution in [0.5, 0.6) is 0 Å². The first-order chi connectivity index (χ1) is 14.8. The molecule has 2 saturated carbocycles. The van der Waals surface area contributed by atoms with E-state index >= 15 is 0 Å². The second-order valence-electron chi connectivity index (χ2n) is 9.20. The molecule has 0 bridgehead atoms. The van der Waals surface area contributed by atoms with E-state index in [-0.39, 0.29) is 23.3 Å². The minimum Gasteiger partial charge on any atom is -0.387 e. The van der Waals surface area contributed by atoms with Crippen molar-refractivity contribution in [3.8, 4) is 0 Å². The number of ether oxygens (including phenoxy) is 1. The summed E-state index contributed by atoms with van der Waals surface area (Å²) in [5.41, 5.74) is 5.49. The molecule has 31 heavy (non-hydrogen) atoms. The van der Waals surface area contributed by atoms with Gasteiger partial charge in [-0.2, -0.15) is 0 Å². The van der Waals surface area contributed by atoms with Crippen molar-refractivity contribution in [3.63, 3.8) is 0 Å². The summed E-state index contributed by atoms with van der Waals surface area (Å²) in [5, 5.41) is 35.0. The average Bonchev–Trinajstić information content (AvgIpc) is 3.35. The number of imidazole rings is 1. The summed E-state index contributed by atoms with van der Waals surface area (Å²) >= 11 is 0. The largest absolute Gasteiger partial charge is 0.387 e. The number of amides is 1. The second-order valence-corrected chi connectivity index (χ2v) is 9.20. The van der Waals surface area contributed by atoms with Crippen LogP contribution in [0.2, 0.25) is 0 Å². The highest BCUT2D eigenvalue weighted by Gasteiger charge is 2.48. The number of fused-ring (bicyclic) bond motifs is 1. The van der Waals surface area contributed by atoms with E-state index in [0.717, 1.165) is 25.7 Å². The predicted octanol–water partition coefficient (Wildman–Crippen LogP) is -0.296. The standard InChI is InChI=1S/C20H28N6O5/c1-9-3-2-6-20(30,7-9)19-24-15(21)11-16(25-19)26(8-22-11)18-13(28)12(27)14(31-18)17(29)23-10-4-5-10/h8-10,12-14,18,27-28,30H,2-7H2,1H3,(H,23,29)(H2,21,24,25)/t9-,12?,13?,14+,18-,20+/m1/s1. The molecule has 1 amide bonds. The van der Waals surface area contributed by atoms with Gasteiger partial charge >= 0.3 is 0 Å². The van der Waals surface area contributed by atoms with Crippen molar-refractivity contribution in [2.24, 2.45) is 5.92 Å². The zero-order valence-corrected chi connectivity index (χ0v) is 17.3. The Bertz CT molecular complexity index is 1010. The van der Waals surface area contributed by atoms with Gasteiger partial charge in [0.1, 0.15) is 23.3 Å². The maximum absolute atomic E-state index is 12.4. The molecule has 11 nitrogen and oxygen atoms in total. The highest BCUT2D eigenvalue weighted by molar-refractivity contribution is 5.83. The van der Waals surface area contributed by atoms with Crippen LogP contribution in [-0.2, 0) is 15.1 Å². The van der Waals surface area contributed by atoms with Gasteiger partial charge in [-0.25, -0.2) is 15.0 Å². The first-order valence-electron chi connectivity index (χ1n) is 10.8. The Morgan fingerprint density at radius 3 is 2.77 bits per heavy atom. The van der Waals surface area contributed by atoms with Crippen LogP contribution in [0.3, 0.4) is 0 Å². The number of hydrogen-bond acceptors (Lipinski definition) is 9. The first kappa shape index (κ1) is 20.6. The van der Waals surface area contributed by atoms with Crippen molar-refractivity contribution in [2.75, 3.05) is 5.73 Å². The molecule has 6 atom stereocenters. The number of rotatable bonds is 4. The van der Waals surface area contributed by atoms with E-state index in [4.69, 9.17) is 10.5 Å². The molecular weight excluding hydrogens is 404 g/mol. The van der Waals surface area contributed by atoms with E-state index in [1.54, 1.807) is 0 Å². The van der Waals surface area contributed by atoms with Crippen LogP contribution in [0.1, 0.15) is 57.5 Å². The molecule has 2 aliphatic carbocycles. The van der Waals surface area contributed by atoms with E-state index < -0.39 is 36.0 Å². The number of carbonyl (C=O) groups excluding carboxylic acids is 1. The van der Waals surface area contributed by atoms with Crippen LogP contribution >= 0.6 is 0 Å². The van der Waals surface area contributed by atoms with Gasteiger partial charge in [0, 0.05) is 6.04 Å². The van der Waals surface area contributed by atoms with Crippen LogP contribution in [-0.4, -0.2) is 65.1 Å². The van der Waals surface area contributed by atoms with Crippen molar-refractivity contribution in [2.45, 2.75) is 81.6 Å². The molecule has 5 rings (SSSR count). The molecule has 0 radical (unpaired) electrons. The van der Waals surface area contributed by atoms with Crippen molar-refractivity contribution in [1.82, 2.24) is 24.8 Å². The molecule has 1 aliphatic heterocycles. The van der Waals surface area contributed by atoms with Gasteiger partial charge in [0.2, 0.25) is 0 Å². The van der Waals surface area contributed by atoms with Crippen molar-refractivity contribution < 1.29 is 24.9 Å². The molecule has 2 unspecified atom stereocenters. The van der Waals surface area contributed by atoms with Crippen molar-refractivity contribution >= 4 is 22.9 Å². The first-order valence-corrected chi connectivity index (χ1v) is 10.8. The van der Waals surface area contributed by atoms with Gasteiger partial charge in [-0.15, -0.1) is 0 Å². The molecule has 3 fully saturated rings. The fourth-order valence-electron chi connectivity index (χ4n) is 4.68. The summed E-state index contributed by atoms with van der Waals surface area (Å²) < 4.78 is 7.18. The minimum atomic E-state index is -1.40. The van der Waals surface area contributed by atoms with E-state index in [9.17, 15) is 20.1 Å². The zero-order valence-electron chi connectivity index (χ0n) is 17.3. The number of nitrogens with one attached hydrogen (secondary N) is 1. The highest BCUT2D eigenvalue weighted by Crippen LogP contribution is 2.40. The van der Waals surface area contributed by atoms with E-state index in [1.165, 1.54) is 10.9 Å². The Morgan fingerprint density at radius 1 is 1.29 bits per heavy atom. The van der Waals surface area contributed by atoms with E-state index in [1.807, 2.05) is 0 Å². The molecule has 6 N–H and O–H groups in total. The Morgan fingerprint density at radius 2 is 2.06 bits per heavy atom. The summed E-state index contributed by atoms with van der Waals surface area (Å²) in [6.45, 7) is 2.08. The third-order valence-electron chi connectivity index (χ3n) is 6.53. The Kier molecular flexibility index (Phi) is 4.88. The van der Waals surface area contributed by atoms with Gasteiger partial charge in [0.05, 0.1) is 6.33 Å². The molecule has 3 heterocycles. The third-order valence-corrected chi connectivity index (χ3v) is 6.53. The van der Waals surface area contributed by atoms with Crippen LogP contribution in [0, 0.1) is 5.92 Å². The lowest BCUT2D eigenvalue weighted by atomic mass is 9.78. The molecule has 3 aliphatic rings.